The second kappa shape index (κ2) is 7.04. The fourth-order valence-corrected chi connectivity index (χ4v) is 3.36. The van der Waals surface area contributed by atoms with Crippen LogP contribution in [0.1, 0.15) is 33.1 Å². The molecule has 0 unspecified atom stereocenters. The van der Waals surface area contributed by atoms with Crippen LogP contribution in [-0.4, -0.2) is 32.7 Å². The van der Waals surface area contributed by atoms with Crippen molar-refractivity contribution in [2.45, 2.75) is 33.1 Å². The molecule has 20 heavy (non-hydrogen) atoms. The average Bonchev–Trinajstić information content (AvgIpc) is 2.55. The van der Waals surface area contributed by atoms with Gasteiger partial charge < -0.3 is 5.11 Å². The monoisotopic (exact) mass is 313 g/mol. The largest absolute Gasteiger partial charge is 0.481 e. The van der Waals surface area contributed by atoms with E-state index in [4.69, 9.17) is 17.3 Å². The number of carbonyl (C=O) groups excluding carboxylic acids is 1. The van der Waals surface area contributed by atoms with Gasteiger partial charge in [0.05, 0.1) is 4.91 Å². The Morgan fingerprint density at radius 2 is 2.20 bits per heavy atom. The smallest absolute Gasteiger partial charge is 0.303 e. The second-order valence-electron chi connectivity index (χ2n) is 5.31. The van der Waals surface area contributed by atoms with Gasteiger partial charge in [-0.25, -0.2) is 0 Å². The fourth-order valence-electron chi connectivity index (χ4n) is 1.87. The summed E-state index contributed by atoms with van der Waals surface area (Å²) in [5.74, 6) is -0.986. The van der Waals surface area contributed by atoms with Crippen LogP contribution in [0.25, 0.3) is 0 Å². The zero-order chi connectivity index (χ0) is 15.3. The molecule has 0 aliphatic carbocycles. The first-order chi connectivity index (χ1) is 9.26. The third-order valence-electron chi connectivity index (χ3n) is 2.84. The van der Waals surface area contributed by atoms with Gasteiger partial charge in [-0.15, -0.1) is 6.58 Å². The van der Waals surface area contributed by atoms with E-state index in [0.717, 1.165) is 6.42 Å². The zero-order valence-corrected chi connectivity index (χ0v) is 13.4. The molecular weight excluding hydrogens is 294 g/mol. The van der Waals surface area contributed by atoms with Gasteiger partial charge in [-0.05, 0) is 18.3 Å². The Labute approximate surface area is 128 Å². The third-order valence-corrected chi connectivity index (χ3v) is 4.22. The van der Waals surface area contributed by atoms with Gasteiger partial charge in [0, 0.05) is 13.0 Å². The molecule has 1 heterocycles. The number of allylic oxidation sites excluding steroid dienone is 2. The van der Waals surface area contributed by atoms with Crippen LogP contribution in [0.3, 0.4) is 0 Å². The molecule has 0 bridgehead atoms. The molecule has 4 nitrogen and oxygen atoms in total. The standard InChI is InChI=1S/C14H19NO3S2/c1-4-7-14(2,3)9-10-12(18)15(13(19)20-10)8-5-6-11(16)17/h4,9H,1,5-8H2,2-3H3,(H,16,17)/b10-9-. The van der Waals surface area contributed by atoms with Crippen molar-refractivity contribution in [1.29, 1.82) is 0 Å². The van der Waals surface area contributed by atoms with Crippen molar-refractivity contribution in [2.24, 2.45) is 5.41 Å². The molecule has 1 N–H and O–H groups in total. The van der Waals surface area contributed by atoms with Crippen molar-refractivity contribution in [3.8, 4) is 0 Å². The van der Waals surface area contributed by atoms with E-state index in [1.54, 1.807) is 0 Å². The summed E-state index contributed by atoms with van der Waals surface area (Å²) in [5.41, 5.74) is -0.146. The van der Waals surface area contributed by atoms with Gasteiger partial charge in [-0.2, -0.15) is 0 Å². The zero-order valence-electron chi connectivity index (χ0n) is 11.7. The van der Waals surface area contributed by atoms with Crippen LogP contribution in [0.5, 0.6) is 0 Å². The topological polar surface area (TPSA) is 57.6 Å². The molecule has 1 amide bonds. The Hall–Kier alpha value is -1.14. The van der Waals surface area contributed by atoms with Gasteiger partial charge in [0.1, 0.15) is 4.32 Å². The Morgan fingerprint density at radius 3 is 2.75 bits per heavy atom. The van der Waals surface area contributed by atoms with E-state index < -0.39 is 5.97 Å². The minimum atomic E-state index is -0.863. The molecule has 110 valence electrons. The molecule has 6 heteroatoms. The molecule has 0 saturated carbocycles. The number of hydrogen-bond donors (Lipinski definition) is 1. The molecule has 1 aliphatic rings. The van der Waals surface area contributed by atoms with Gasteiger partial charge in [-0.3, -0.25) is 14.5 Å². The lowest BCUT2D eigenvalue weighted by Gasteiger charge is -2.18. The SMILES string of the molecule is C=CCC(C)(C)/C=C1\SC(=S)N(CCCC(=O)O)C1=O. The lowest BCUT2D eigenvalue weighted by molar-refractivity contribution is -0.137. The molecule has 0 spiro atoms. The van der Waals surface area contributed by atoms with Gasteiger partial charge in [0.15, 0.2) is 0 Å². The molecule has 0 atom stereocenters. The molecule has 1 rings (SSSR count). The van der Waals surface area contributed by atoms with E-state index in [-0.39, 0.29) is 17.7 Å². The predicted octanol–water partition coefficient (Wildman–Crippen LogP) is 3.20. The molecule has 1 saturated heterocycles. The average molecular weight is 313 g/mol. The van der Waals surface area contributed by atoms with Crippen LogP contribution in [0.4, 0.5) is 0 Å². The first kappa shape index (κ1) is 16.9. The number of hydrogen-bond acceptors (Lipinski definition) is 4. The van der Waals surface area contributed by atoms with E-state index in [1.165, 1.54) is 16.7 Å². The number of thioether (sulfide) groups is 1. The summed E-state index contributed by atoms with van der Waals surface area (Å²) >= 11 is 6.47. The van der Waals surface area contributed by atoms with Crippen molar-refractivity contribution in [3.05, 3.63) is 23.6 Å². The second-order valence-corrected chi connectivity index (χ2v) is 6.99. The third kappa shape index (κ3) is 4.76. The summed E-state index contributed by atoms with van der Waals surface area (Å²) in [5, 5.41) is 8.62. The molecule has 0 aromatic rings. The highest BCUT2D eigenvalue weighted by molar-refractivity contribution is 8.26. The predicted molar refractivity (Wildman–Crippen MR) is 85.4 cm³/mol. The number of nitrogens with zero attached hydrogens (tertiary/aromatic N) is 1. The maximum atomic E-state index is 12.2. The molecular formula is C14H19NO3S2. The summed E-state index contributed by atoms with van der Waals surface area (Å²) in [6.45, 7) is 8.14. The van der Waals surface area contributed by atoms with E-state index in [2.05, 4.69) is 6.58 Å². The maximum Gasteiger partial charge on any atom is 0.303 e. The number of rotatable bonds is 7. The van der Waals surface area contributed by atoms with Crippen LogP contribution < -0.4 is 0 Å². The normalized spacial score (nSPS) is 17.9. The van der Waals surface area contributed by atoms with E-state index in [1.807, 2.05) is 26.0 Å². The van der Waals surface area contributed by atoms with E-state index in [0.29, 0.717) is 22.2 Å². The van der Waals surface area contributed by atoms with Crippen molar-refractivity contribution >= 4 is 40.2 Å². The summed E-state index contributed by atoms with van der Waals surface area (Å²) in [7, 11) is 0. The first-order valence-electron chi connectivity index (χ1n) is 6.36. The van der Waals surface area contributed by atoms with Crippen LogP contribution in [0.15, 0.2) is 23.6 Å². The van der Waals surface area contributed by atoms with Crippen molar-refractivity contribution < 1.29 is 14.7 Å². The quantitative estimate of drug-likeness (QED) is 0.444. The van der Waals surface area contributed by atoms with Crippen molar-refractivity contribution in [2.75, 3.05) is 6.54 Å². The minimum Gasteiger partial charge on any atom is -0.481 e. The number of amides is 1. The molecule has 1 fully saturated rings. The highest BCUT2D eigenvalue weighted by Crippen LogP contribution is 2.35. The summed E-state index contributed by atoms with van der Waals surface area (Å²) < 4.78 is 0.501. The van der Waals surface area contributed by atoms with Crippen LogP contribution in [0.2, 0.25) is 0 Å². The van der Waals surface area contributed by atoms with Gasteiger partial charge in [0.2, 0.25) is 0 Å². The summed E-state index contributed by atoms with van der Waals surface area (Å²) in [6, 6.07) is 0. The molecule has 1 aliphatic heterocycles. The highest BCUT2D eigenvalue weighted by Gasteiger charge is 2.33. The number of carboxylic acid groups (broad SMARTS) is 1. The lowest BCUT2D eigenvalue weighted by atomic mass is 9.89. The van der Waals surface area contributed by atoms with Crippen molar-refractivity contribution in [1.82, 2.24) is 4.90 Å². The maximum absolute atomic E-state index is 12.2. The first-order valence-corrected chi connectivity index (χ1v) is 7.58. The molecule has 0 aromatic heterocycles. The number of carbonyl (C=O) groups is 2. The Bertz CT molecular complexity index is 469. The van der Waals surface area contributed by atoms with Gasteiger partial charge >= 0.3 is 5.97 Å². The van der Waals surface area contributed by atoms with Gasteiger partial charge in [-0.1, -0.05) is 50.0 Å². The highest BCUT2D eigenvalue weighted by atomic mass is 32.2. The van der Waals surface area contributed by atoms with Gasteiger partial charge in [0.25, 0.3) is 5.91 Å². The molecule has 0 radical (unpaired) electrons. The van der Waals surface area contributed by atoms with Crippen LogP contribution in [-0.2, 0) is 9.59 Å². The Morgan fingerprint density at radius 1 is 1.55 bits per heavy atom. The van der Waals surface area contributed by atoms with Crippen LogP contribution >= 0.6 is 24.0 Å². The Balaban J connectivity index is 2.73. The Kier molecular flexibility index (Phi) is 5.95. The minimum absolute atomic E-state index is 0.0397. The fraction of sp³-hybridized carbons (Fsp3) is 0.500. The molecule has 0 aromatic carbocycles. The number of thiocarbonyl (C=S) groups is 1. The van der Waals surface area contributed by atoms with Crippen molar-refractivity contribution in [3.63, 3.8) is 0 Å². The lowest BCUT2D eigenvalue weighted by Crippen LogP contribution is -2.29. The van der Waals surface area contributed by atoms with Crippen LogP contribution in [0, 0.1) is 5.41 Å². The summed E-state index contributed by atoms with van der Waals surface area (Å²) in [6.07, 6.45) is 4.97. The van der Waals surface area contributed by atoms with E-state index in [9.17, 15) is 9.59 Å². The number of carboxylic acids is 1. The summed E-state index contributed by atoms with van der Waals surface area (Å²) in [4.78, 5) is 24.9. The number of aliphatic carboxylic acids is 1. The van der Waals surface area contributed by atoms with E-state index >= 15 is 0 Å².